The molecule has 1 aliphatic carbocycles. The van der Waals surface area contributed by atoms with E-state index in [0.29, 0.717) is 12.0 Å². The van der Waals surface area contributed by atoms with Crippen molar-refractivity contribution in [1.29, 1.82) is 0 Å². The SMILES string of the molecule is CN=C(NCCCOCc1ccc(OC)cc1)N1CCC2(CCC2)C1. The molecule has 0 radical (unpaired) electrons. The molecular formula is C20H31N3O2. The van der Waals surface area contributed by atoms with Crippen molar-refractivity contribution < 1.29 is 9.47 Å². The summed E-state index contributed by atoms with van der Waals surface area (Å²) in [5.41, 5.74) is 1.78. The predicted octanol–water partition coefficient (Wildman–Crippen LogP) is 3.05. The minimum Gasteiger partial charge on any atom is -0.497 e. The van der Waals surface area contributed by atoms with Gasteiger partial charge in [0.05, 0.1) is 13.7 Å². The fourth-order valence-corrected chi connectivity index (χ4v) is 3.82. The Morgan fingerprint density at radius 1 is 1.24 bits per heavy atom. The molecule has 5 heteroatoms. The highest BCUT2D eigenvalue weighted by atomic mass is 16.5. The van der Waals surface area contributed by atoms with Gasteiger partial charge in [0.2, 0.25) is 0 Å². The lowest BCUT2D eigenvalue weighted by Gasteiger charge is -2.38. The van der Waals surface area contributed by atoms with E-state index in [0.717, 1.165) is 37.8 Å². The summed E-state index contributed by atoms with van der Waals surface area (Å²) in [6.45, 7) is 4.63. The van der Waals surface area contributed by atoms with Crippen LogP contribution in [0.25, 0.3) is 0 Å². The Morgan fingerprint density at radius 3 is 2.64 bits per heavy atom. The predicted molar refractivity (Wildman–Crippen MR) is 101 cm³/mol. The summed E-state index contributed by atoms with van der Waals surface area (Å²) in [5.74, 6) is 1.93. The van der Waals surface area contributed by atoms with Crippen molar-refractivity contribution >= 4 is 5.96 Å². The van der Waals surface area contributed by atoms with Crippen LogP contribution in [0.15, 0.2) is 29.3 Å². The van der Waals surface area contributed by atoms with Crippen LogP contribution in [-0.2, 0) is 11.3 Å². The average molecular weight is 345 g/mol. The molecule has 2 aliphatic rings. The summed E-state index contributed by atoms with van der Waals surface area (Å²) in [7, 11) is 3.56. The Bertz CT molecular complexity index is 567. The Morgan fingerprint density at radius 2 is 2.04 bits per heavy atom. The number of hydrogen-bond acceptors (Lipinski definition) is 3. The van der Waals surface area contributed by atoms with Crippen molar-refractivity contribution in [1.82, 2.24) is 10.2 Å². The fraction of sp³-hybridized carbons (Fsp3) is 0.650. The van der Waals surface area contributed by atoms with Gasteiger partial charge in [0.15, 0.2) is 5.96 Å². The molecule has 1 N–H and O–H groups in total. The second kappa shape index (κ2) is 8.56. The van der Waals surface area contributed by atoms with Crippen LogP contribution in [0, 0.1) is 5.41 Å². The number of guanidine groups is 1. The van der Waals surface area contributed by atoms with Gasteiger partial charge in [-0.25, -0.2) is 0 Å². The zero-order valence-electron chi connectivity index (χ0n) is 15.6. The molecule has 5 nitrogen and oxygen atoms in total. The fourth-order valence-electron chi connectivity index (χ4n) is 3.82. The third kappa shape index (κ3) is 4.66. The highest BCUT2D eigenvalue weighted by molar-refractivity contribution is 5.80. The summed E-state index contributed by atoms with van der Waals surface area (Å²) in [4.78, 5) is 6.88. The number of likely N-dealkylation sites (tertiary alicyclic amines) is 1. The maximum atomic E-state index is 5.76. The first-order valence-electron chi connectivity index (χ1n) is 9.41. The number of ether oxygens (including phenoxy) is 2. The highest BCUT2D eigenvalue weighted by Crippen LogP contribution is 2.47. The van der Waals surface area contributed by atoms with E-state index in [1.54, 1.807) is 7.11 Å². The number of nitrogens with zero attached hydrogens (tertiary/aromatic N) is 2. The molecule has 0 bridgehead atoms. The van der Waals surface area contributed by atoms with E-state index in [9.17, 15) is 0 Å². The van der Waals surface area contributed by atoms with Crippen LogP contribution < -0.4 is 10.1 Å². The van der Waals surface area contributed by atoms with E-state index >= 15 is 0 Å². The van der Waals surface area contributed by atoms with Crippen molar-refractivity contribution in [2.45, 2.75) is 38.7 Å². The van der Waals surface area contributed by atoms with Crippen molar-refractivity contribution in [3.63, 3.8) is 0 Å². The van der Waals surface area contributed by atoms with Crippen molar-refractivity contribution in [2.24, 2.45) is 10.4 Å². The zero-order chi connectivity index (χ0) is 17.5. The van der Waals surface area contributed by atoms with Gasteiger partial charge in [0.25, 0.3) is 0 Å². The molecule has 0 atom stereocenters. The van der Waals surface area contributed by atoms with E-state index in [1.165, 1.54) is 37.8 Å². The lowest BCUT2D eigenvalue weighted by molar-refractivity contribution is 0.119. The van der Waals surface area contributed by atoms with Crippen LogP contribution in [0.1, 0.15) is 37.7 Å². The van der Waals surface area contributed by atoms with Crippen molar-refractivity contribution in [2.75, 3.05) is 40.4 Å². The summed E-state index contributed by atoms with van der Waals surface area (Å²) in [5, 5.41) is 3.49. The average Bonchev–Trinajstić information content (AvgIpc) is 3.07. The van der Waals surface area contributed by atoms with E-state index in [-0.39, 0.29) is 0 Å². The van der Waals surface area contributed by atoms with Crippen LogP contribution in [0.5, 0.6) is 5.75 Å². The first-order valence-corrected chi connectivity index (χ1v) is 9.41. The second-order valence-electron chi connectivity index (χ2n) is 7.25. The lowest BCUT2D eigenvalue weighted by atomic mass is 9.68. The van der Waals surface area contributed by atoms with Crippen LogP contribution in [0.4, 0.5) is 0 Å². The number of methoxy groups -OCH3 is 1. The number of rotatable bonds is 7. The first kappa shape index (κ1) is 18.1. The maximum Gasteiger partial charge on any atom is 0.193 e. The summed E-state index contributed by atoms with van der Waals surface area (Å²) in [6, 6.07) is 8.02. The molecule has 1 saturated carbocycles. The van der Waals surface area contributed by atoms with Crippen molar-refractivity contribution in [3.05, 3.63) is 29.8 Å². The molecule has 1 saturated heterocycles. The molecule has 25 heavy (non-hydrogen) atoms. The normalized spacial score (nSPS) is 19.1. The topological polar surface area (TPSA) is 46.1 Å². The number of nitrogens with one attached hydrogen (secondary N) is 1. The first-order chi connectivity index (χ1) is 12.2. The van der Waals surface area contributed by atoms with Gasteiger partial charge in [-0.15, -0.1) is 0 Å². The molecule has 0 amide bonds. The quantitative estimate of drug-likeness (QED) is 0.469. The van der Waals surface area contributed by atoms with Gasteiger partial charge < -0.3 is 19.7 Å². The van der Waals surface area contributed by atoms with Crippen LogP contribution in [-0.4, -0.2) is 51.3 Å². The molecule has 1 aliphatic heterocycles. The molecular weight excluding hydrogens is 314 g/mol. The standard InChI is InChI=1S/C20H31N3O2/c1-21-19(23-13-11-20(16-23)9-3-10-20)22-12-4-14-25-15-17-5-7-18(24-2)8-6-17/h5-8H,3-4,9-16H2,1-2H3,(H,21,22). The molecule has 1 heterocycles. The van der Waals surface area contributed by atoms with Crippen LogP contribution in [0.2, 0.25) is 0 Å². The van der Waals surface area contributed by atoms with Gasteiger partial charge >= 0.3 is 0 Å². The van der Waals surface area contributed by atoms with E-state index in [1.807, 2.05) is 31.3 Å². The van der Waals surface area contributed by atoms with Crippen molar-refractivity contribution in [3.8, 4) is 5.75 Å². The van der Waals surface area contributed by atoms with E-state index in [2.05, 4.69) is 15.2 Å². The number of aliphatic imine (C=N–C) groups is 1. The van der Waals surface area contributed by atoms with Crippen LogP contribution in [0.3, 0.4) is 0 Å². The van der Waals surface area contributed by atoms with Gasteiger partial charge in [-0.05, 0) is 48.8 Å². The van der Waals surface area contributed by atoms with Gasteiger partial charge in [-0.3, -0.25) is 4.99 Å². The minimum atomic E-state index is 0.610. The molecule has 1 spiro atoms. The van der Waals surface area contributed by atoms with E-state index < -0.39 is 0 Å². The Kier molecular flexibility index (Phi) is 6.19. The number of hydrogen-bond donors (Lipinski definition) is 1. The summed E-state index contributed by atoms with van der Waals surface area (Å²) < 4.78 is 10.9. The molecule has 0 unspecified atom stereocenters. The molecule has 0 aromatic heterocycles. The maximum absolute atomic E-state index is 5.76. The Labute approximate surface area is 151 Å². The highest BCUT2D eigenvalue weighted by Gasteiger charge is 2.43. The molecule has 1 aromatic carbocycles. The van der Waals surface area contributed by atoms with Gasteiger partial charge in [-0.2, -0.15) is 0 Å². The van der Waals surface area contributed by atoms with Gasteiger partial charge in [-0.1, -0.05) is 18.6 Å². The van der Waals surface area contributed by atoms with Gasteiger partial charge in [0.1, 0.15) is 5.75 Å². The summed E-state index contributed by atoms with van der Waals surface area (Å²) >= 11 is 0. The molecule has 2 fully saturated rings. The minimum absolute atomic E-state index is 0.610. The largest absolute Gasteiger partial charge is 0.497 e. The van der Waals surface area contributed by atoms with Gasteiger partial charge in [0, 0.05) is 33.3 Å². The monoisotopic (exact) mass is 345 g/mol. The molecule has 3 rings (SSSR count). The summed E-state index contributed by atoms with van der Waals surface area (Å²) in [6.07, 6.45) is 6.53. The lowest BCUT2D eigenvalue weighted by Crippen LogP contribution is -2.42. The second-order valence-corrected chi connectivity index (χ2v) is 7.25. The Hall–Kier alpha value is -1.75. The molecule has 1 aromatic rings. The smallest absolute Gasteiger partial charge is 0.193 e. The third-order valence-corrected chi connectivity index (χ3v) is 5.54. The third-order valence-electron chi connectivity index (χ3n) is 5.54. The van der Waals surface area contributed by atoms with Crippen LogP contribution >= 0.6 is 0 Å². The Balaban J connectivity index is 1.29. The zero-order valence-corrected chi connectivity index (χ0v) is 15.6. The molecule has 138 valence electrons. The van der Waals surface area contributed by atoms with E-state index in [4.69, 9.17) is 9.47 Å². The number of benzene rings is 1.